The second kappa shape index (κ2) is 8.49. The number of carbonyl (C=O) groups is 2. The van der Waals surface area contributed by atoms with Crippen LogP contribution < -0.4 is 10.1 Å². The van der Waals surface area contributed by atoms with Gasteiger partial charge in [0.25, 0.3) is 5.91 Å². The number of rotatable bonds is 6. The standard InChI is InChI=1S/C18H18BrNO4/c1-12(13-3-7-15(19)8-4-13)20-17(21)11-24-18(22)14-5-9-16(23-2)10-6-14/h3-10,12H,11H2,1-2H3,(H,20,21)/t12-/m1/s1. The highest BCUT2D eigenvalue weighted by Crippen LogP contribution is 2.16. The minimum Gasteiger partial charge on any atom is -0.497 e. The molecule has 126 valence electrons. The van der Waals surface area contributed by atoms with Gasteiger partial charge in [-0.2, -0.15) is 0 Å². The molecule has 0 saturated heterocycles. The van der Waals surface area contributed by atoms with Crippen LogP contribution in [-0.4, -0.2) is 25.6 Å². The van der Waals surface area contributed by atoms with E-state index in [0.29, 0.717) is 11.3 Å². The average molecular weight is 392 g/mol. The average Bonchev–Trinajstić information content (AvgIpc) is 2.60. The molecule has 1 amide bonds. The van der Waals surface area contributed by atoms with E-state index >= 15 is 0 Å². The van der Waals surface area contributed by atoms with Crippen molar-refractivity contribution in [3.05, 3.63) is 64.1 Å². The van der Waals surface area contributed by atoms with Gasteiger partial charge < -0.3 is 14.8 Å². The van der Waals surface area contributed by atoms with Gasteiger partial charge in [0, 0.05) is 4.47 Å². The molecular weight excluding hydrogens is 374 g/mol. The van der Waals surface area contributed by atoms with Crippen LogP contribution in [0.15, 0.2) is 53.0 Å². The largest absolute Gasteiger partial charge is 0.497 e. The van der Waals surface area contributed by atoms with Gasteiger partial charge in [-0.05, 0) is 48.9 Å². The lowest BCUT2D eigenvalue weighted by atomic mass is 10.1. The topological polar surface area (TPSA) is 64.6 Å². The Labute approximate surface area is 149 Å². The molecule has 1 atom stereocenters. The molecule has 0 aromatic heterocycles. The monoisotopic (exact) mass is 391 g/mol. The van der Waals surface area contributed by atoms with Gasteiger partial charge >= 0.3 is 5.97 Å². The lowest BCUT2D eigenvalue weighted by molar-refractivity contribution is -0.124. The maximum absolute atomic E-state index is 11.9. The number of amides is 1. The number of ether oxygens (including phenoxy) is 2. The zero-order valence-corrected chi connectivity index (χ0v) is 15.0. The Morgan fingerprint density at radius 3 is 2.29 bits per heavy atom. The summed E-state index contributed by atoms with van der Waals surface area (Å²) in [6.45, 7) is 1.54. The van der Waals surface area contributed by atoms with Gasteiger partial charge in [0.15, 0.2) is 6.61 Å². The molecule has 0 aliphatic rings. The third-order valence-corrected chi connectivity index (χ3v) is 3.94. The van der Waals surface area contributed by atoms with Crippen LogP contribution in [0, 0.1) is 0 Å². The molecule has 0 spiro atoms. The molecule has 0 aliphatic heterocycles. The Balaban J connectivity index is 1.83. The summed E-state index contributed by atoms with van der Waals surface area (Å²) in [5.41, 5.74) is 1.33. The second-order valence-corrected chi connectivity index (χ2v) is 6.06. The number of benzene rings is 2. The van der Waals surface area contributed by atoms with Gasteiger partial charge in [0.05, 0.1) is 18.7 Å². The first-order chi connectivity index (χ1) is 11.5. The van der Waals surface area contributed by atoms with Crippen molar-refractivity contribution in [2.24, 2.45) is 0 Å². The lowest BCUT2D eigenvalue weighted by Gasteiger charge is -2.14. The highest BCUT2D eigenvalue weighted by Gasteiger charge is 2.13. The number of hydrogen-bond donors (Lipinski definition) is 1. The predicted molar refractivity (Wildman–Crippen MR) is 94.0 cm³/mol. The number of nitrogens with one attached hydrogen (secondary N) is 1. The Kier molecular flexibility index (Phi) is 6.37. The summed E-state index contributed by atoms with van der Waals surface area (Å²) in [5, 5.41) is 2.79. The second-order valence-electron chi connectivity index (χ2n) is 5.15. The highest BCUT2D eigenvalue weighted by atomic mass is 79.9. The fourth-order valence-corrected chi connectivity index (χ4v) is 2.32. The van der Waals surface area contributed by atoms with Crippen LogP contribution in [0.2, 0.25) is 0 Å². The molecule has 0 aliphatic carbocycles. The van der Waals surface area contributed by atoms with Crippen LogP contribution in [0.5, 0.6) is 5.75 Å². The van der Waals surface area contributed by atoms with Crippen LogP contribution in [0.4, 0.5) is 0 Å². The minimum atomic E-state index is -0.552. The van der Waals surface area contributed by atoms with Gasteiger partial charge in [-0.3, -0.25) is 4.79 Å². The van der Waals surface area contributed by atoms with Crippen LogP contribution >= 0.6 is 15.9 Å². The maximum Gasteiger partial charge on any atom is 0.338 e. The molecule has 0 unspecified atom stereocenters. The first-order valence-corrected chi connectivity index (χ1v) is 8.15. The van der Waals surface area contributed by atoms with Crippen LogP contribution in [0.25, 0.3) is 0 Å². The minimum absolute atomic E-state index is 0.176. The molecule has 0 heterocycles. The predicted octanol–water partition coefficient (Wildman–Crippen LogP) is 3.49. The van der Waals surface area contributed by atoms with E-state index in [2.05, 4.69) is 21.2 Å². The van der Waals surface area contributed by atoms with Gasteiger partial charge in [-0.15, -0.1) is 0 Å². The van der Waals surface area contributed by atoms with Crippen molar-refractivity contribution >= 4 is 27.8 Å². The van der Waals surface area contributed by atoms with Crippen LogP contribution in [0.3, 0.4) is 0 Å². The smallest absolute Gasteiger partial charge is 0.338 e. The van der Waals surface area contributed by atoms with Gasteiger partial charge in [0.1, 0.15) is 5.75 Å². The van der Waals surface area contributed by atoms with Crippen molar-refractivity contribution in [3.8, 4) is 5.75 Å². The maximum atomic E-state index is 11.9. The van der Waals surface area contributed by atoms with E-state index in [1.54, 1.807) is 31.4 Å². The number of hydrogen-bond acceptors (Lipinski definition) is 4. The molecule has 5 nitrogen and oxygen atoms in total. The normalized spacial score (nSPS) is 11.5. The Bertz CT molecular complexity index is 698. The van der Waals surface area contributed by atoms with E-state index in [9.17, 15) is 9.59 Å². The van der Waals surface area contributed by atoms with Crippen LogP contribution in [0.1, 0.15) is 28.9 Å². The molecule has 1 N–H and O–H groups in total. The van der Waals surface area contributed by atoms with Crippen molar-refractivity contribution in [1.82, 2.24) is 5.32 Å². The summed E-state index contributed by atoms with van der Waals surface area (Å²) in [6, 6.07) is 14.0. The van der Waals surface area contributed by atoms with Crippen molar-refractivity contribution in [3.63, 3.8) is 0 Å². The molecule has 24 heavy (non-hydrogen) atoms. The molecule has 0 fully saturated rings. The zero-order chi connectivity index (χ0) is 17.5. The van der Waals surface area contributed by atoms with E-state index < -0.39 is 5.97 Å². The number of carbonyl (C=O) groups excluding carboxylic acids is 2. The van der Waals surface area contributed by atoms with Crippen molar-refractivity contribution in [2.45, 2.75) is 13.0 Å². The van der Waals surface area contributed by atoms with E-state index in [-0.39, 0.29) is 18.6 Å². The molecule has 2 rings (SSSR count). The summed E-state index contributed by atoms with van der Waals surface area (Å²) in [6.07, 6.45) is 0. The van der Waals surface area contributed by atoms with Crippen LogP contribution in [-0.2, 0) is 9.53 Å². The summed E-state index contributed by atoms with van der Waals surface area (Å²) in [7, 11) is 1.55. The summed E-state index contributed by atoms with van der Waals surface area (Å²) in [5.74, 6) is -0.260. The quantitative estimate of drug-likeness (QED) is 0.765. The molecule has 2 aromatic rings. The summed E-state index contributed by atoms with van der Waals surface area (Å²) < 4.78 is 11.0. The molecule has 0 saturated carbocycles. The summed E-state index contributed by atoms with van der Waals surface area (Å²) in [4.78, 5) is 23.8. The van der Waals surface area contributed by atoms with Crippen molar-refractivity contribution in [1.29, 1.82) is 0 Å². The zero-order valence-electron chi connectivity index (χ0n) is 13.4. The Morgan fingerprint density at radius 1 is 1.08 bits per heavy atom. The number of esters is 1. The lowest BCUT2D eigenvalue weighted by Crippen LogP contribution is -2.31. The number of halogens is 1. The van der Waals surface area contributed by atoms with Gasteiger partial charge in [0.2, 0.25) is 0 Å². The Morgan fingerprint density at radius 2 is 1.71 bits per heavy atom. The summed E-state index contributed by atoms with van der Waals surface area (Å²) >= 11 is 3.36. The highest BCUT2D eigenvalue weighted by molar-refractivity contribution is 9.10. The van der Waals surface area contributed by atoms with Crippen molar-refractivity contribution in [2.75, 3.05) is 13.7 Å². The van der Waals surface area contributed by atoms with E-state index in [4.69, 9.17) is 9.47 Å². The molecule has 2 aromatic carbocycles. The van der Waals surface area contributed by atoms with E-state index in [1.807, 2.05) is 31.2 Å². The van der Waals surface area contributed by atoms with Gasteiger partial charge in [-0.25, -0.2) is 4.79 Å². The van der Waals surface area contributed by atoms with E-state index in [1.165, 1.54) is 0 Å². The van der Waals surface area contributed by atoms with Crippen molar-refractivity contribution < 1.29 is 19.1 Å². The third kappa shape index (κ3) is 5.09. The fourth-order valence-electron chi connectivity index (χ4n) is 2.06. The molecular formula is C18H18BrNO4. The van der Waals surface area contributed by atoms with E-state index in [0.717, 1.165) is 10.0 Å². The molecule has 6 heteroatoms. The molecule has 0 bridgehead atoms. The SMILES string of the molecule is COc1ccc(C(=O)OCC(=O)N[C@H](C)c2ccc(Br)cc2)cc1. The first-order valence-electron chi connectivity index (χ1n) is 7.35. The van der Waals surface area contributed by atoms with Gasteiger partial charge in [-0.1, -0.05) is 28.1 Å². The number of methoxy groups -OCH3 is 1. The Hall–Kier alpha value is -2.34. The first kappa shape index (κ1) is 18.0. The fraction of sp³-hybridized carbons (Fsp3) is 0.222. The third-order valence-electron chi connectivity index (χ3n) is 3.41. The molecule has 0 radical (unpaired) electrons.